The van der Waals surface area contributed by atoms with Gasteiger partial charge in [-0.15, -0.1) is 5.46 Å². The van der Waals surface area contributed by atoms with Crippen molar-refractivity contribution >= 4 is 12.4 Å². The predicted molar refractivity (Wildman–Crippen MR) is 72.1 cm³/mol. The zero-order valence-electron chi connectivity index (χ0n) is 11.3. The van der Waals surface area contributed by atoms with Crippen LogP contribution in [0.15, 0.2) is 30.3 Å². The van der Waals surface area contributed by atoms with Gasteiger partial charge in [0.1, 0.15) is 12.4 Å². The molecule has 0 bridgehead atoms. The fourth-order valence-corrected chi connectivity index (χ4v) is 1.82. The molecule has 3 nitrogen and oxygen atoms in total. The molecule has 0 amide bonds. The Balaban J connectivity index is 2.02. The summed E-state index contributed by atoms with van der Waals surface area (Å²) < 4.78 is 44.6. The van der Waals surface area contributed by atoms with Gasteiger partial charge in [-0.2, -0.15) is 5.10 Å². The number of rotatable bonds is 5. The van der Waals surface area contributed by atoms with Crippen LogP contribution in [0.4, 0.5) is 12.9 Å². The van der Waals surface area contributed by atoms with Crippen LogP contribution in [-0.2, 0) is 20.1 Å². The average molecular weight is 283 g/mol. The van der Waals surface area contributed by atoms with Crippen LogP contribution in [0, 0.1) is 0 Å². The fraction of sp³-hybridized carbons (Fsp3) is 0.308. The van der Waals surface area contributed by atoms with E-state index in [9.17, 15) is 12.9 Å². The summed E-state index contributed by atoms with van der Waals surface area (Å²) in [5.41, 5.74) is 1.22. The van der Waals surface area contributed by atoms with Crippen molar-refractivity contribution in [3.8, 4) is 5.75 Å². The van der Waals surface area contributed by atoms with Gasteiger partial charge in [-0.3, -0.25) is 4.68 Å². The lowest BCUT2D eigenvalue weighted by atomic mass is 9.80. The molecule has 108 valence electrons. The van der Waals surface area contributed by atoms with E-state index >= 15 is 0 Å². The van der Waals surface area contributed by atoms with Gasteiger partial charge in [0.25, 0.3) is 0 Å². The molecule has 0 atom stereocenters. The first kappa shape index (κ1) is 14.5. The quantitative estimate of drug-likeness (QED) is 0.789. The fourth-order valence-electron chi connectivity index (χ4n) is 1.82. The van der Waals surface area contributed by atoms with Crippen LogP contribution >= 0.6 is 0 Å². The largest absolute Gasteiger partial charge is 0.509 e. The number of aromatic nitrogens is 2. The van der Waals surface area contributed by atoms with Crippen molar-refractivity contribution in [2.75, 3.05) is 0 Å². The number of nitrogens with zero attached hydrogens (tertiary/aromatic N) is 2. The van der Waals surface area contributed by atoms with Crippen molar-refractivity contribution in [2.24, 2.45) is 7.05 Å². The van der Waals surface area contributed by atoms with Crippen LogP contribution in [0.5, 0.6) is 5.75 Å². The molecule has 20 heavy (non-hydrogen) atoms. The SMILES string of the molecule is CCc1cc(COc2ccc([B-](F)(F)F)cc2)n(C)n1. The molecule has 0 spiro atoms. The van der Waals surface area contributed by atoms with Crippen molar-refractivity contribution in [3.63, 3.8) is 0 Å². The van der Waals surface area contributed by atoms with Crippen molar-refractivity contribution in [3.05, 3.63) is 41.7 Å². The van der Waals surface area contributed by atoms with Crippen LogP contribution in [-0.4, -0.2) is 16.8 Å². The molecule has 0 aliphatic heterocycles. The number of halogens is 3. The highest BCUT2D eigenvalue weighted by atomic mass is 19.4. The van der Waals surface area contributed by atoms with Gasteiger partial charge < -0.3 is 17.7 Å². The highest BCUT2D eigenvalue weighted by Gasteiger charge is 2.24. The standard InChI is InChI=1S/C13H15BF3N2O/c1-3-11-8-12(19(2)18-11)9-20-13-6-4-10(5-7-13)14(15,16)17/h4-8H,3,9H2,1-2H3/q-1. The maximum atomic E-state index is 12.5. The third kappa shape index (κ3) is 3.34. The van der Waals surface area contributed by atoms with Gasteiger partial charge >= 0.3 is 6.98 Å². The Morgan fingerprint density at radius 1 is 1.20 bits per heavy atom. The van der Waals surface area contributed by atoms with Crippen LogP contribution in [0.3, 0.4) is 0 Å². The monoisotopic (exact) mass is 283 g/mol. The van der Waals surface area contributed by atoms with E-state index in [1.54, 1.807) is 4.68 Å². The average Bonchev–Trinajstić information content (AvgIpc) is 2.76. The van der Waals surface area contributed by atoms with Gasteiger partial charge in [-0.05, 0) is 24.6 Å². The van der Waals surface area contributed by atoms with E-state index in [0.29, 0.717) is 5.75 Å². The van der Waals surface area contributed by atoms with E-state index in [2.05, 4.69) is 5.10 Å². The highest BCUT2D eigenvalue weighted by Crippen LogP contribution is 2.15. The highest BCUT2D eigenvalue weighted by molar-refractivity contribution is 6.73. The molecule has 2 aromatic rings. The smallest absolute Gasteiger partial charge is 0.487 e. The second kappa shape index (κ2) is 5.60. The van der Waals surface area contributed by atoms with Crippen LogP contribution in [0.2, 0.25) is 0 Å². The van der Waals surface area contributed by atoms with Gasteiger partial charge in [0.2, 0.25) is 0 Å². The van der Waals surface area contributed by atoms with Gasteiger partial charge in [0.05, 0.1) is 11.4 Å². The Kier molecular flexibility index (Phi) is 4.06. The Bertz CT molecular complexity index is 578. The summed E-state index contributed by atoms with van der Waals surface area (Å²) in [4.78, 5) is 0. The first-order valence-corrected chi connectivity index (χ1v) is 6.34. The molecule has 0 unspecified atom stereocenters. The van der Waals surface area contributed by atoms with E-state index in [0.717, 1.165) is 29.9 Å². The molecular weight excluding hydrogens is 268 g/mol. The summed E-state index contributed by atoms with van der Waals surface area (Å²) in [5.74, 6) is 0.410. The molecule has 0 aliphatic rings. The van der Waals surface area contributed by atoms with E-state index < -0.39 is 12.4 Å². The topological polar surface area (TPSA) is 27.1 Å². The van der Waals surface area contributed by atoms with Gasteiger partial charge in [0.15, 0.2) is 0 Å². The summed E-state index contributed by atoms with van der Waals surface area (Å²) >= 11 is 0. The van der Waals surface area contributed by atoms with Gasteiger partial charge in [0, 0.05) is 7.05 Å². The molecular formula is C13H15BF3N2O-. The second-order valence-electron chi connectivity index (χ2n) is 4.54. The third-order valence-electron chi connectivity index (χ3n) is 3.03. The van der Waals surface area contributed by atoms with E-state index in [-0.39, 0.29) is 6.61 Å². The van der Waals surface area contributed by atoms with Crippen LogP contribution < -0.4 is 10.2 Å². The van der Waals surface area contributed by atoms with Crippen molar-refractivity contribution in [2.45, 2.75) is 20.0 Å². The Morgan fingerprint density at radius 2 is 1.85 bits per heavy atom. The summed E-state index contributed by atoms with van der Waals surface area (Å²) in [5, 5.41) is 4.28. The lowest BCUT2D eigenvalue weighted by molar-refractivity contribution is 0.295. The zero-order valence-corrected chi connectivity index (χ0v) is 11.3. The Morgan fingerprint density at radius 3 is 2.35 bits per heavy atom. The Hall–Kier alpha value is -1.92. The minimum atomic E-state index is -4.95. The Labute approximate surface area is 115 Å². The number of aryl methyl sites for hydroxylation is 2. The summed E-state index contributed by atoms with van der Waals surface area (Å²) in [6, 6.07) is 6.67. The number of benzene rings is 1. The third-order valence-corrected chi connectivity index (χ3v) is 3.03. The van der Waals surface area contributed by atoms with Crippen molar-refractivity contribution < 1.29 is 17.7 Å². The normalized spacial score (nSPS) is 11.7. The molecule has 1 aromatic carbocycles. The lowest BCUT2D eigenvalue weighted by Gasteiger charge is -2.15. The van der Waals surface area contributed by atoms with Gasteiger partial charge in [-0.1, -0.05) is 19.1 Å². The minimum Gasteiger partial charge on any atom is -0.487 e. The summed E-state index contributed by atoms with van der Waals surface area (Å²) in [7, 11) is 1.81. The molecule has 1 heterocycles. The maximum absolute atomic E-state index is 12.5. The summed E-state index contributed by atoms with van der Waals surface area (Å²) in [6.45, 7) is -2.67. The van der Waals surface area contributed by atoms with E-state index in [1.165, 1.54) is 12.1 Å². The molecule has 2 rings (SSSR count). The first-order chi connectivity index (χ1) is 9.40. The molecule has 7 heteroatoms. The van der Waals surface area contributed by atoms with Crippen LogP contribution in [0.25, 0.3) is 0 Å². The second-order valence-corrected chi connectivity index (χ2v) is 4.54. The van der Waals surface area contributed by atoms with Crippen LogP contribution in [0.1, 0.15) is 18.3 Å². The zero-order chi connectivity index (χ0) is 14.8. The molecule has 0 aliphatic carbocycles. The molecule has 0 radical (unpaired) electrons. The molecule has 0 saturated heterocycles. The van der Waals surface area contributed by atoms with Crippen molar-refractivity contribution in [1.82, 2.24) is 9.78 Å². The van der Waals surface area contributed by atoms with Gasteiger partial charge in [-0.25, -0.2) is 0 Å². The number of hydrogen-bond acceptors (Lipinski definition) is 2. The molecule has 0 fully saturated rings. The number of ether oxygens (including phenoxy) is 1. The van der Waals surface area contributed by atoms with E-state index in [1.807, 2.05) is 20.0 Å². The lowest BCUT2D eigenvalue weighted by Crippen LogP contribution is -2.33. The molecule has 0 N–H and O–H groups in total. The van der Waals surface area contributed by atoms with E-state index in [4.69, 9.17) is 4.74 Å². The first-order valence-electron chi connectivity index (χ1n) is 6.34. The van der Waals surface area contributed by atoms with Crippen molar-refractivity contribution in [1.29, 1.82) is 0 Å². The summed E-state index contributed by atoms with van der Waals surface area (Å²) in [6.07, 6.45) is 0.830. The maximum Gasteiger partial charge on any atom is 0.509 e. The number of hydrogen-bond donors (Lipinski definition) is 0. The minimum absolute atomic E-state index is 0.278. The molecule has 0 saturated carbocycles. The molecule has 1 aromatic heterocycles. The predicted octanol–water partition coefficient (Wildman–Crippen LogP) is 2.62.